The van der Waals surface area contributed by atoms with E-state index in [4.69, 9.17) is 9.47 Å². The zero-order chi connectivity index (χ0) is 33.3. The van der Waals surface area contributed by atoms with Gasteiger partial charge in [0.05, 0.1) is 9.79 Å². The second-order valence-corrected chi connectivity index (χ2v) is 10.8. The monoisotopic (exact) mass is 670 g/mol. The summed E-state index contributed by atoms with van der Waals surface area (Å²) in [5.74, 6) is -1.31. The molecule has 0 aliphatic rings. The zero-order valence-corrected chi connectivity index (χ0v) is 22.7. The van der Waals surface area contributed by atoms with Crippen molar-refractivity contribution < 1.29 is 71.3 Å². The van der Waals surface area contributed by atoms with Gasteiger partial charge < -0.3 is 18.9 Å². The quantitative estimate of drug-likeness (QED) is 0.157. The average molecular weight is 670 g/mol. The predicted octanol–water partition coefficient (Wildman–Crippen LogP) is 9.17. The third kappa shape index (κ3) is 7.89. The van der Waals surface area contributed by atoms with Gasteiger partial charge in [-0.3, -0.25) is 0 Å². The minimum absolute atomic E-state index is 0.0188. The number of hydrogen-bond donors (Lipinski definition) is 0. The van der Waals surface area contributed by atoms with Gasteiger partial charge in [0.1, 0.15) is 34.5 Å². The number of halogens is 10. The summed E-state index contributed by atoms with van der Waals surface area (Å²) < 4.78 is 170. The van der Waals surface area contributed by atoms with Crippen molar-refractivity contribution in [1.29, 1.82) is 0 Å². The second kappa shape index (κ2) is 12.0. The molecule has 0 aromatic heterocycles. The van der Waals surface area contributed by atoms with Gasteiger partial charge in [-0.15, -0.1) is 0 Å². The van der Waals surface area contributed by atoms with Crippen LogP contribution in [0.3, 0.4) is 0 Å². The molecular formula is C28H16F10O6S. The molecule has 0 aliphatic carbocycles. The van der Waals surface area contributed by atoms with Gasteiger partial charge in [-0.1, -0.05) is 0 Å². The second-order valence-electron chi connectivity index (χ2n) is 8.83. The maximum absolute atomic E-state index is 13.0. The minimum Gasteiger partial charge on any atom is -0.457 e. The summed E-state index contributed by atoms with van der Waals surface area (Å²) in [6.45, 7) is 0. The lowest BCUT2D eigenvalue weighted by atomic mass is 10.3. The fraction of sp³-hybridized carbons (Fsp3) is 0.143. The first-order valence-electron chi connectivity index (χ1n) is 12.0. The van der Waals surface area contributed by atoms with Crippen molar-refractivity contribution in [2.24, 2.45) is 0 Å². The summed E-state index contributed by atoms with van der Waals surface area (Å²) in [7, 11) is -4.06. The van der Waals surface area contributed by atoms with E-state index in [1.807, 2.05) is 0 Å². The molecule has 4 aromatic rings. The maximum Gasteiger partial charge on any atom is 0.499 e. The molecule has 0 spiro atoms. The van der Waals surface area contributed by atoms with Crippen LogP contribution in [0.4, 0.5) is 43.9 Å². The van der Waals surface area contributed by atoms with Crippen LogP contribution in [0.1, 0.15) is 0 Å². The zero-order valence-electron chi connectivity index (χ0n) is 21.9. The molecule has 0 heterocycles. The van der Waals surface area contributed by atoms with E-state index >= 15 is 0 Å². The van der Waals surface area contributed by atoms with E-state index in [-0.39, 0.29) is 32.8 Å². The molecule has 0 radical (unpaired) electrons. The molecule has 0 unspecified atom stereocenters. The molecule has 0 saturated carbocycles. The molecule has 45 heavy (non-hydrogen) atoms. The highest BCUT2D eigenvalue weighted by Crippen LogP contribution is 2.39. The number of benzene rings is 4. The van der Waals surface area contributed by atoms with E-state index in [1.165, 1.54) is 48.5 Å². The Balaban J connectivity index is 1.37. The summed E-state index contributed by atoms with van der Waals surface area (Å²) in [4.78, 5) is -0.319. The van der Waals surface area contributed by atoms with Crippen LogP contribution < -0.4 is 18.9 Å². The lowest BCUT2D eigenvalue weighted by Crippen LogP contribution is -2.41. The first-order valence-corrected chi connectivity index (χ1v) is 13.5. The van der Waals surface area contributed by atoms with E-state index in [0.29, 0.717) is 0 Å². The van der Waals surface area contributed by atoms with E-state index in [0.717, 1.165) is 48.5 Å². The van der Waals surface area contributed by atoms with Crippen molar-refractivity contribution in [2.75, 3.05) is 0 Å². The largest absolute Gasteiger partial charge is 0.499 e. The molecule has 240 valence electrons. The van der Waals surface area contributed by atoms with Crippen LogP contribution in [0, 0.1) is 0 Å². The predicted molar refractivity (Wildman–Crippen MR) is 135 cm³/mol. The normalized spacial score (nSPS) is 12.8. The highest BCUT2D eigenvalue weighted by molar-refractivity contribution is 7.91. The van der Waals surface area contributed by atoms with Crippen molar-refractivity contribution in [3.05, 3.63) is 97.1 Å². The fourth-order valence-electron chi connectivity index (χ4n) is 3.35. The average Bonchev–Trinajstić information content (AvgIpc) is 2.94. The summed E-state index contributed by atoms with van der Waals surface area (Å²) in [6, 6.07) is 17.4. The number of hydrogen-bond acceptors (Lipinski definition) is 6. The Morgan fingerprint density at radius 2 is 0.600 bits per heavy atom. The van der Waals surface area contributed by atoms with E-state index in [2.05, 4.69) is 9.47 Å². The Hall–Kier alpha value is -4.67. The van der Waals surface area contributed by atoms with Gasteiger partial charge >= 0.3 is 24.6 Å². The van der Waals surface area contributed by atoms with Crippen molar-refractivity contribution in [3.63, 3.8) is 0 Å². The van der Waals surface area contributed by atoms with E-state index in [9.17, 15) is 52.3 Å². The van der Waals surface area contributed by atoms with Crippen molar-refractivity contribution in [2.45, 2.75) is 34.4 Å². The van der Waals surface area contributed by atoms with Gasteiger partial charge in [0.25, 0.3) is 0 Å². The smallest absolute Gasteiger partial charge is 0.457 e. The Morgan fingerprint density at radius 1 is 0.378 bits per heavy atom. The third-order valence-corrected chi connectivity index (χ3v) is 7.32. The number of rotatable bonds is 10. The molecule has 17 heteroatoms. The maximum atomic E-state index is 13.0. The molecule has 6 nitrogen and oxygen atoms in total. The Morgan fingerprint density at radius 3 is 0.844 bits per heavy atom. The first kappa shape index (κ1) is 33.2. The van der Waals surface area contributed by atoms with Gasteiger partial charge in [0.15, 0.2) is 0 Å². The molecule has 0 aliphatic heterocycles. The molecule has 0 atom stereocenters. The van der Waals surface area contributed by atoms with Crippen molar-refractivity contribution in [1.82, 2.24) is 0 Å². The number of ether oxygens (including phenoxy) is 4. The molecule has 0 bridgehead atoms. The summed E-state index contributed by atoms with van der Waals surface area (Å²) in [6.07, 6.45) is -22.6. The Labute approximate surface area is 247 Å². The molecule has 0 fully saturated rings. The van der Waals surface area contributed by atoms with Crippen LogP contribution in [0.2, 0.25) is 0 Å². The highest BCUT2D eigenvalue weighted by Gasteiger charge is 2.62. The number of sulfone groups is 1. The standard InChI is InChI=1S/C28H16F10O6S/c29-25(30,31)27(35,36)43-21-5-1-17(2-6-21)41-19-9-13-23(14-10-19)45(39,40)24-15-11-20(12-16-24)42-18-3-7-22(8-4-18)44-28(37,38)26(32,33)34/h1-16H. The molecule has 4 aromatic carbocycles. The van der Waals surface area contributed by atoms with E-state index < -0.39 is 45.9 Å². The van der Waals surface area contributed by atoms with Gasteiger partial charge in [-0.05, 0) is 97.1 Å². The molecule has 0 amide bonds. The minimum atomic E-state index is -5.91. The van der Waals surface area contributed by atoms with Crippen molar-refractivity contribution >= 4 is 9.84 Å². The van der Waals surface area contributed by atoms with Crippen LogP contribution in [-0.4, -0.2) is 33.0 Å². The highest BCUT2D eigenvalue weighted by atomic mass is 32.2. The fourth-order valence-corrected chi connectivity index (χ4v) is 4.61. The van der Waals surface area contributed by atoms with Gasteiger partial charge in [-0.25, -0.2) is 8.42 Å². The van der Waals surface area contributed by atoms with Crippen LogP contribution in [0.15, 0.2) is 107 Å². The molecule has 0 N–H and O–H groups in total. The van der Waals surface area contributed by atoms with Crippen molar-refractivity contribution in [3.8, 4) is 34.5 Å². The van der Waals surface area contributed by atoms with Gasteiger partial charge in [-0.2, -0.15) is 43.9 Å². The van der Waals surface area contributed by atoms with E-state index in [1.54, 1.807) is 0 Å². The van der Waals surface area contributed by atoms with Crippen LogP contribution in [0.25, 0.3) is 0 Å². The molecule has 0 saturated heterocycles. The number of alkyl halides is 10. The first-order chi connectivity index (χ1) is 20.8. The molecule has 4 rings (SSSR count). The molecular weight excluding hydrogens is 654 g/mol. The Kier molecular flexibility index (Phi) is 8.88. The van der Waals surface area contributed by atoms with Crippen LogP contribution in [0.5, 0.6) is 34.5 Å². The summed E-state index contributed by atoms with van der Waals surface area (Å²) in [5, 5.41) is 0. The third-order valence-electron chi connectivity index (χ3n) is 5.54. The van der Waals surface area contributed by atoms with Gasteiger partial charge in [0.2, 0.25) is 9.84 Å². The lowest BCUT2D eigenvalue weighted by molar-refractivity contribution is -0.360. The van der Waals surface area contributed by atoms with Gasteiger partial charge in [0, 0.05) is 0 Å². The SMILES string of the molecule is O=S(=O)(c1ccc(Oc2ccc(OC(F)(F)C(F)(F)F)cc2)cc1)c1ccc(Oc2ccc(OC(F)(F)C(F)(F)F)cc2)cc1. The topological polar surface area (TPSA) is 71.1 Å². The summed E-state index contributed by atoms with van der Waals surface area (Å²) >= 11 is 0. The van der Waals surface area contributed by atoms with Crippen LogP contribution >= 0.6 is 0 Å². The lowest BCUT2D eigenvalue weighted by Gasteiger charge is -2.20. The Bertz CT molecular complexity index is 1580. The van der Waals surface area contributed by atoms with Crippen LogP contribution in [-0.2, 0) is 9.84 Å². The summed E-state index contributed by atoms with van der Waals surface area (Å²) in [5.41, 5.74) is 0.